The van der Waals surface area contributed by atoms with Gasteiger partial charge in [-0.15, -0.1) is 0 Å². The number of fused-ring (bicyclic) bond motifs is 1. The molecule has 0 bridgehead atoms. The highest BCUT2D eigenvalue weighted by Crippen LogP contribution is 2.41. The van der Waals surface area contributed by atoms with E-state index in [-0.39, 0.29) is 36.5 Å². The Morgan fingerprint density at radius 2 is 1.43 bits per heavy atom. The van der Waals surface area contributed by atoms with Crippen molar-refractivity contribution in [3.8, 4) is 0 Å². The molecule has 250 valence electrons. The van der Waals surface area contributed by atoms with Crippen LogP contribution < -0.4 is 15.1 Å². The minimum absolute atomic E-state index is 0.0407. The Hall–Kier alpha value is -4.87. The molecule has 0 aromatic heterocycles. The second kappa shape index (κ2) is 12.9. The van der Waals surface area contributed by atoms with Gasteiger partial charge < -0.3 is 29.7 Å². The molecule has 10 nitrogen and oxygen atoms in total. The van der Waals surface area contributed by atoms with Gasteiger partial charge in [0, 0.05) is 37.3 Å². The van der Waals surface area contributed by atoms with E-state index in [1.54, 1.807) is 36.4 Å². The lowest BCUT2D eigenvalue weighted by atomic mass is 9.85. The van der Waals surface area contributed by atoms with E-state index in [1.807, 2.05) is 54.6 Å². The summed E-state index contributed by atoms with van der Waals surface area (Å²) in [4.78, 5) is 45.5. The van der Waals surface area contributed by atoms with E-state index in [2.05, 4.69) is 27.2 Å². The number of aliphatic hydroxyl groups is 1. The molecule has 2 N–H and O–H groups in total. The second-order valence-electron chi connectivity index (χ2n) is 13.2. The number of rotatable bonds is 7. The number of para-hydroxylation sites is 1. The van der Waals surface area contributed by atoms with E-state index in [9.17, 15) is 19.5 Å². The van der Waals surface area contributed by atoms with E-state index in [4.69, 9.17) is 9.47 Å². The maximum atomic E-state index is 13.3. The number of likely N-dealkylation sites (tertiary alicyclic amines) is 1. The Morgan fingerprint density at radius 1 is 0.755 bits per heavy atom. The molecule has 10 heteroatoms. The third-order valence-corrected chi connectivity index (χ3v) is 10.4. The van der Waals surface area contributed by atoms with E-state index in [1.165, 1.54) is 4.90 Å². The summed E-state index contributed by atoms with van der Waals surface area (Å²) in [5, 5.41) is 12.7. The minimum Gasteiger partial charge on any atom is -0.392 e. The van der Waals surface area contributed by atoms with Crippen LogP contribution in [0.5, 0.6) is 0 Å². The lowest BCUT2D eigenvalue weighted by Crippen LogP contribution is -2.57. The van der Waals surface area contributed by atoms with Crippen LogP contribution in [0.2, 0.25) is 0 Å². The fourth-order valence-electron chi connectivity index (χ4n) is 7.69. The number of hydrogen-bond donors (Lipinski definition) is 2. The largest absolute Gasteiger partial charge is 0.392 e. The number of carbonyl (C=O) groups excluding carboxylic acids is 3. The Balaban J connectivity index is 1.02. The summed E-state index contributed by atoms with van der Waals surface area (Å²) >= 11 is 0. The first-order valence-electron chi connectivity index (χ1n) is 16.9. The molecule has 0 radical (unpaired) electrons. The topological polar surface area (TPSA) is 112 Å². The number of ether oxygens (including phenoxy) is 2. The van der Waals surface area contributed by atoms with Crippen molar-refractivity contribution in [3.63, 3.8) is 0 Å². The average molecular weight is 659 g/mol. The Labute approximate surface area is 284 Å². The predicted octanol–water partition coefficient (Wildman–Crippen LogP) is 4.95. The number of amides is 3. The molecule has 0 aliphatic carbocycles. The first-order chi connectivity index (χ1) is 23.9. The number of imide groups is 1. The van der Waals surface area contributed by atoms with E-state index in [0.29, 0.717) is 54.9 Å². The molecular formula is C39H38N4O6. The number of nitrogens with zero attached hydrogens (tertiary/aromatic N) is 3. The molecular weight excluding hydrogens is 620 g/mol. The van der Waals surface area contributed by atoms with E-state index < -0.39 is 11.8 Å². The van der Waals surface area contributed by atoms with Gasteiger partial charge in [0.2, 0.25) is 5.91 Å². The Morgan fingerprint density at radius 3 is 2.12 bits per heavy atom. The molecule has 3 fully saturated rings. The fraction of sp³-hybridized carbons (Fsp3) is 0.308. The fourth-order valence-corrected chi connectivity index (χ4v) is 7.69. The van der Waals surface area contributed by atoms with Crippen molar-refractivity contribution in [3.05, 3.63) is 131 Å². The number of piperidine rings is 1. The quantitative estimate of drug-likeness (QED) is 0.269. The zero-order valence-corrected chi connectivity index (χ0v) is 27.0. The third-order valence-electron chi connectivity index (χ3n) is 10.4. The van der Waals surface area contributed by atoms with Crippen LogP contribution in [0.3, 0.4) is 0 Å². The van der Waals surface area contributed by atoms with Gasteiger partial charge in [-0.25, -0.2) is 4.90 Å². The van der Waals surface area contributed by atoms with Crippen LogP contribution >= 0.6 is 0 Å². The van der Waals surface area contributed by atoms with Gasteiger partial charge >= 0.3 is 0 Å². The SMILES string of the molecule is O=C1c2ccccc2C(=O)N1c1cccc([C@H]2O[C@@H](CN3CCC4(CC3)C(=O)NCN4c3ccccc3)C[C@@H](c3ccc(CO)cc3)O2)c1. The van der Waals surface area contributed by atoms with Crippen LogP contribution in [0.4, 0.5) is 11.4 Å². The molecule has 8 rings (SSSR count). The van der Waals surface area contributed by atoms with Crippen molar-refractivity contribution in [2.45, 2.75) is 49.9 Å². The minimum atomic E-state index is -0.748. The molecule has 3 atom stereocenters. The van der Waals surface area contributed by atoms with Crippen LogP contribution in [-0.2, 0) is 20.9 Å². The van der Waals surface area contributed by atoms with Crippen molar-refractivity contribution in [2.75, 3.05) is 36.1 Å². The summed E-state index contributed by atoms with van der Waals surface area (Å²) in [7, 11) is 0. The van der Waals surface area contributed by atoms with Gasteiger partial charge in [-0.3, -0.25) is 14.4 Å². The first-order valence-corrected chi connectivity index (χ1v) is 16.9. The molecule has 4 aliphatic heterocycles. The zero-order valence-electron chi connectivity index (χ0n) is 27.0. The number of benzene rings is 4. The molecule has 0 saturated carbocycles. The highest BCUT2D eigenvalue weighted by molar-refractivity contribution is 6.34. The molecule has 3 amide bonds. The summed E-state index contributed by atoms with van der Waals surface area (Å²) in [5.74, 6) is -0.622. The average Bonchev–Trinajstić information content (AvgIpc) is 3.60. The van der Waals surface area contributed by atoms with Crippen LogP contribution in [0, 0.1) is 0 Å². The number of nitrogens with one attached hydrogen (secondary N) is 1. The molecule has 4 aromatic rings. The van der Waals surface area contributed by atoms with Crippen molar-refractivity contribution in [1.29, 1.82) is 0 Å². The predicted molar refractivity (Wildman–Crippen MR) is 183 cm³/mol. The lowest BCUT2D eigenvalue weighted by molar-refractivity contribution is -0.253. The lowest BCUT2D eigenvalue weighted by Gasteiger charge is -2.45. The smallest absolute Gasteiger partial charge is 0.266 e. The van der Waals surface area contributed by atoms with Crippen molar-refractivity contribution in [1.82, 2.24) is 10.2 Å². The monoisotopic (exact) mass is 658 g/mol. The van der Waals surface area contributed by atoms with Gasteiger partial charge in [0.15, 0.2) is 6.29 Å². The number of aliphatic hydroxyl groups excluding tert-OH is 1. The van der Waals surface area contributed by atoms with Crippen molar-refractivity contribution in [2.24, 2.45) is 0 Å². The molecule has 4 aliphatic rings. The molecule has 4 aromatic carbocycles. The number of carbonyl (C=O) groups is 3. The Kier molecular flexibility index (Phi) is 8.25. The van der Waals surface area contributed by atoms with Gasteiger partial charge in [0.05, 0.1) is 42.3 Å². The van der Waals surface area contributed by atoms with Crippen molar-refractivity contribution >= 4 is 29.1 Å². The number of anilines is 2. The molecule has 1 spiro atoms. The molecule has 0 unspecified atom stereocenters. The summed E-state index contributed by atoms with van der Waals surface area (Å²) in [6.07, 6.45) is 0.793. The van der Waals surface area contributed by atoms with Gasteiger partial charge in [0.1, 0.15) is 5.54 Å². The van der Waals surface area contributed by atoms with Gasteiger partial charge in [-0.1, -0.05) is 66.7 Å². The van der Waals surface area contributed by atoms with E-state index in [0.717, 1.165) is 29.9 Å². The summed E-state index contributed by atoms with van der Waals surface area (Å²) in [5.41, 5.74) is 4.21. The van der Waals surface area contributed by atoms with Crippen molar-refractivity contribution < 1.29 is 29.0 Å². The number of hydrogen-bond acceptors (Lipinski definition) is 8. The maximum Gasteiger partial charge on any atom is 0.266 e. The standard InChI is InChI=1S/C39H38N4O6/c44-24-26-13-15-27(16-14-26)34-22-31(23-41-19-17-39(18-20-41)38(47)40-25-42(39)29-8-2-1-3-9-29)48-37(49-34)28-7-6-10-30(21-28)43-35(45)32-11-4-5-12-33(32)36(43)46/h1-16,21,31,34,37,44H,17-20,22-25H2,(H,40,47)/t31-,34+,37+/m1/s1. The van der Waals surface area contributed by atoms with Gasteiger partial charge in [-0.05, 0) is 60.4 Å². The highest BCUT2D eigenvalue weighted by Gasteiger charge is 2.50. The normalized spacial score (nSPS) is 23.6. The van der Waals surface area contributed by atoms with Crippen LogP contribution in [0.1, 0.15) is 69.1 Å². The highest BCUT2D eigenvalue weighted by atomic mass is 16.7. The maximum absolute atomic E-state index is 13.3. The first kappa shape index (κ1) is 31.4. The third kappa shape index (κ3) is 5.70. The summed E-state index contributed by atoms with van der Waals surface area (Å²) in [6.45, 7) is 2.61. The summed E-state index contributed by atoms with van der Waals surface area (Å²) < 4.78 is 13.2. The zero-order chi connectivity index (χ0) is 33.5. The van der Waals surface area contributed by atoms with Gasteiger partial charge in [0.25, 0.3) is 11.8 Å². The van der Waals surface area contributed by atoms with Gasteiger partial charge in [-0.2, -0.15) is 0 Å². The van der Waals surface area contributed by atoms with E-state index >= 15 is 0 Å². The second-order valence-corrected chi connectivity index (χ2v) is 13.2. The Bertz CT molecular complexity index is 1840. The molecule has 49 heavy (non-hydrogen) atoms. The molecule has 4 heterocycles. The van der Waals surface area contributed by atoms with Crippen LogP contribution in [0.25, 0.3) is 0 Å². The summed E-state index contributed by atoms with van der Waals surface area (Å²) in [6, 6.07) is 32.0. The molecule has 3 saturated heterocycles. The van der Waals surface area contributed by atoms with Crippen LogP contribution in [-0.4, -0.2) is 65.7 Å². The van der Waals surface area contributed by atoms with Crippen LogP contribution in [0.15, 0.2) is 103 Å².